The van der Waals surface area contributed by atoms with Gasteiger partial charge in [-0.05, 0) is 220 Å². The molecule has 5 atom stereocenters. The van der Waals surface area contributed by atoms with Gasteiger partial charge in [-0.1, -0.05) is 25.7 Å². The van der Waals surface area contributed by atoms with E-state index in [-0.39, 0.29) is 25.4 Å². The predicted molar refractivity (Wildman–Crippen MR) is 339 cm³/mol. The van der Waals surface area contributed by atoms with E-state index < -0.39 is 12.2 Å². The van der Waals surface area contributed by atoms with Crippen LogP contribution in [-0.4, -0.2) is 164 Å². The second-order valence-corrected chi connectivity index (χ2v) is 20.8. The minimum Gasteiger partial charge on any atom is -0.494 e. The summed E-state index contributed by atoms with van der Waals surface area (Å²) in [5.41, 5.74) is 3.80. The summed E-state index contributed by atoms with van der Waals surface area (Å²) in [4.78, 5) is 9.10. The van der Waals surface area contributed by atoms with Crippen LogP contribution in [0.15, 0.2) is 107 Å². The standard InChI is InChI=1S/C37H59NO8.C25H35NO4.C3H6O.CH3B2/c1-30(39)26-45-32(3)28-41-21-9-5-7-11-23-43-36-17-13-34(14-18-36)25-38-35-15-19-37(20-16-35)44-24-12-8-6-10-22-42-29-33(4)46-27-31(2)40;27-17-5-1-3-7-19-29-24-13-9-22(10-14-24)21-26-23-11-15-25(16-12-23)30-20-8-4-2-6-18-28;1-3-2-4-3;1-3-2/h13-20,25,30-33,39-40H,5-12,21-24,26-29H2,1-4H3;9-16,21,27-28H,1-8,17-20H2;3H,2H2,1H3;1H3. The molecule has 1 saturated heterocycles. The van der Waals surface area contributed by atoms with Gasteiger partial charge in [0.15, 0.2) is 0 Å². The maximum atomic E-state index is 9.24. The molecule has 1 fully saturated rings. The molecule has 1 heterocycles. The van der Waals surface area contributed by atoms with E-state index in [0.717, 1.165) is 168 Å². The van der Waals surface area contributed by atoms with E-state index in [9.17, 15) is 10.2 Å². The lowest BCUT2D eigenvalue weighted by molar-refractivity contribution is -0.0369. The van der Waals surface area contributed by atoms with Crippen molar-refractivity contribution in [2.24, 2.45) is 9.98 Å². The predicted octanol–water partition coefficient (Wildman–Crippen LogP) is 12.4. The fraction of sp³-hybridized carbons (Fsp3) is 0.606. The van der Waals surface area contributed by atoms with Crippen molar-refractivity contribution in [3.8, 4) is 23.0 Å². The van der Waals surface area contributed by atoms with E-state index in [1.807, 2.05) is 123 Å². The van der Waals surface area contributed by atoms with Gasteiger partial charge in [0, 0.05) is 46.6 Å². The first-order chi connectivity index (χ1) is 40.4. The van der Waals surface area contributed by atoms with Gasteiger partial charge in [0.05, 0.1) is 109 Å². The molecule has 15 nitrogen and oxygen atoms in total. The molecule has 0 saturated carbocycles. The molecular weight excluding hydrogens is 1050 g/mol. The first-order valence-electron chi connectivity index (χ1n) is 30.5. The lowest BCUT2D eigenvalue weighted by Crippen LogP contribution is -2.21. The fourth-order valence-corrected chi connectivity index (χ4v) is 7.37. The van der Waals surface area contributed by atoms with E-state index in [2.05, 4.69) is 16.9 Å². The summed E-state index contributed by atoms with van der Waals surface area (Å²) < 4.78 is 50.2. The zero-order valence-corrected chi connectivity index (χ0v) is 51.3. The average Bonchev–Trinajstić information content (AvgIpc) is 4.29. The first-order valence-corrected chi connectivity index (χ1v) is 30.5. The molecule has 83 heavy (non-hydrogen) atoms. The van der Waals surface area contributed by atoms with Gasteiger partial charge in [-0.3, -0.25) is 9.98 Å². The third-order valence-corrected chi connectivity index (χ3v) is 12.2. The van der Waals surface area contributed by atoms with E-state index in [0.29, 0.717) is 59.0 Å². The molecular formula is C66H103B2N2O13. The number of hydrogen-bond donors (Lipinski definition) is 4. The van der Waals surface area contributed by atoms with Crippen LogP contribution in [0, 0.1) is 0 Å². The molecule has 0 bridgehead atoms. The van der Waals surface area contributed by atoms with Crippen molar-refractivity contribution < 1.29 is 63.1 Å². The lowest BCUT2D eigenvalue weighted by Gasteiger charge is -2.14. The van der Waals surface area contributed by atoms with Crippen LogP contribution >= 0.6 is 0 Å². The highest BCUT2D eigenvalue weighted by Gasteiger charge is 2.13. The monoisotopic (exact) mass is 1150 g/mol. The molecule has 0 aliphatic carbocycles. The Morgan fingerprint density at radius 3 is 1.00 bits per heavy atom. The molecule has 3 radical (unpaired) electrons. The highest BCUT2D eigenvalue weighted by molar-refractivity contribution is 6.88. The normalized spacial score (nSPS) is 14.0. The summed E-state index contributed by atoms with van der Waals surface area (Å²) in [5.74, 6) is 3.44. The Balaban J connectivity index is 0.000000541. The van der Waals surface area contributed by atoms with Crippen molar-refractivity contribution >= 4 is 38.7 Å². The smallest absolute Gasteiger partial charge is 0.119 e. The van der Waals surface area contributed by atoms with Crippen molar-refractivity contribution in [2.75, 3.05) is 85.9 Å². The third kappa shape index (κ3) is 45.3. The summed E-state index contributed by atoms with van der Waals surface area (Å²) in [7, 11) is 6.22. The number of epoxide rings is 1. The topological polar surface area (TPSA) is 192 Å². The van der Waals surface area contributed by atoms with Crippen LogP contribution in [0.4, 0.5) is 11.4 Å². The molecule has 461 valence electrons. The Bertz CT molecular complexity index is 1970. The van der Waals surface area contributed by atoms with Gasteiger partial charge in [0.25, 0.3) is 0 Å². The number of nitrogens with zero attached hydrogens (tertiary/aromatic N) is 2. The summed E-state index contributed by atoms with van der Waals surface area (Å²) in [6, 6.07) is 31.6. The zero-order chi connectivity index (χ0) is 60.2. The zero-order valence-electron chi connectivity index (χ0n) is 51.3. The van der Waals surface area contributed by atoms with Gasteiger partial charge >= 0.3 is 0 Å². The average molecular weight is 1150 g/mol. The third-order valence-electron chi connectivity index (χ3n) is 12.2. The first kappa shape index (κ1) is 74.3. The highest BCUT2D eigenvalue weighted by Crippen LogP contribution is 2.21. The van der Waals surface area contributed by atoms with Gasteiger partial charge in [-0.15, -0.1) is 6.82 Å². The quantitative estimate of drug-likeness (QED) is 0.0142. The molecule has 17 heteroatoms. The molecule has 4 N–H and O–H groups in total. The van der Waals surface area contributed by atoms with Crippen molar-refractivity contribution in [3.05, 3.63) is 108 Å². The lowest BCUT2D eigenvalue weighted by atomic mass is 9.59. The number of unbranched alkanes of at least 4 members (excludes halogenated alkanes) is 12. The number of aliphatic hydroxyl groups is 4. The SMILES string of the molecule is CC(O)COC(C)COCCCCCCOc1ccc(C=Nc2ccc(OCCCCCCOCC(C)OCC(C)O)cc2)cc1.CC1CO1.OCCCCCCOc1ccc(C=Nc2ccc(OCCCCCCO)cc2)cc1.[B][B]C. The van der Waals surface area contributed by atoms with Crippen LogP contribution < -0.4 is 18.9 Å². The maximum Gasteiger partial charge on any atom is 0.119 e. The molecule has 1 aliphatic heterocycles. The summed E-state index contributed by atoms with van der Waals surface area (Å²) in [6.07, 6.45) is 19.9. The van der Waals surface area contributed by atoms with Gasteiger partial charge < -0.3 is 63.1 Å². The number of ether oxygens (including phenoxy) is 9. The van der Waals surface area contributed by atoms with E-state index in [1.165, 1.54) is 7.17 Å². The number of aliphatic imine (C=N–C) groups is 2. The Labute approximate surface area is 501 Å². The minimum atomic E-state index is -0.443. The van der Waals surface area contributed by atoms with E-state index in [4.69, 9.17) is 60.6 Å². The molecule has 1 aliphatic rings. The largest absolute Gasteiger partial charge is 0.494 e. The summed E-state index contributed by atoms with van der Waals surface area (Å²) >= 11 is 0. The summed E-state index contributed by atoms with van der Waals surface area (Å²) in [6.45, 7) is 18.8. The van der Waals surface area contributed by atoms with Crippen LogP contribution in [0.3, 0.4) is 0 Å². The Hall–Kier alpha value is -4.81. The molecule has 5 rings (SSSR count). The van der Waals surface area contributed by atoms with E-state index in [1.54, 1.807) is 20.7 Å². The van der Waals surface area contributed by atoms with Crippen LogP contribution in [0.2, 0.25) is 6.82 Å². The van der Waals surface area contributed by atoms with E-state index >= 15 is 0 Å². The van der Waals surface area contributed by atoms with Crippen molar-refractivity contribution in [2.45, 2.75) is 175 Å². The Morgan fingerprint density at radius 1 is 0.470 bits per heavy atom. The van der Waals surface area contributed by atoms with Gasteiger partial charge in [0.2, 0.25) is 0 Å². The van der Waals surface area contributed by atoms with Crippen LogP contribution in [0.5, 0.6) is 23.0 Å². The molecule has 0 spiro atoms. The molecule has 4 aromatic rings. The van der Waals surface area contributed by atoms with Crippen molar-refractivity contribution in [1.29, 1.82) is 0 Å². The second kappa shape index (κ2) is 51.6. The number of aliphatic hydroxyl groups excluding tert-OH is 4. The second-order valence-electron chi connectivity index (χ2n) is 20.8. The summed E-state index contributed by atoms with van der Waals surface area (Å²) in [5, 5.41) is 36.0. The minimum absolute atomic E-state index is 0.000597. The molecule has 5 unspecified atom stereocenters. The molecule has 0 amide bonds. The highest BCUT2D eigenvalue weighted by atomic mass is 16.6. The van der Waals surface area contributed by atoms with Crippen molar-refractivity contribution in [1.82, 2.24) is 0 Å². The van der Waals surface area contributed by atoms with Crippen LogP contribution in [0.25, 0.3) is 0 Å². The Kier molecular flexibility index (Phi) is 46.2. The van der Waals surface area contributed by atoms with Crippen LogP contribution in [0.1, 0.15) is 148 Å². The van der Waals surface area contributed by atoms with Crippen molar-refractivity contribution in [3.63, 3.8) is 0 Å². The number of rotatable bonds is 44. The number of hydrogen-bond acceptors (Lipinski definition) is 15. The molecule has 0 aromatic heterocycles. The Morgan fingerprint density at radius 2 is 0.735 bits per heavy atom. The van der Waals surface area contributed by atoms with Gasteiger partial charge in [0.1, 0.15) is 23.0 Å². The van der Waals surface area contributed by atoms with Gasteiger partial charge in [-0.2, -0.15) is 0 Å². The molecule has 4 aromatic carbocycles. The number of benzene rings is 4. The fourth-order valence-electron chi connectivity index (χ4n) is 7.37. The van der Waals surface area contributed by atoms with Crippen LogP contribution in [-0.2, 0) is 23.7 Å². The van der Waals surface area contributed by atoms with Gasteiger partial charge in [-0.25, -0.2) is 0 Å². The maximum absolute atomic E-state index is 9.24.